The molecule has 0 spiro atoms. The zero-order valence-corrected chi connectivity index (χ0v) is 17.7. The van der Waals surface area contributed by atoms with Gasteiger partial charge >= 0.3 is 5.97 Å². The lowest BCUT2D eigenvalue weighted by Crippen LogP contribution is -2.44. The topological polar surface area (TPSA) is 151 Å². The Morgan fingerprint density at radius 3 is 2.45 bits per heavy atom. The largest absolute Gasteiger partial charge is 0.480 e. The van der Waals surface area contributed by atoms with Crippen LogP contribution in [-0.4, -0.2) is 50.8 Å². The first-order valence-corrected chi connectivity index (χ1v) is 10.3. The second kappa shape index (κ2) is 11.1. The molecule has 0 bridgehead atoms. The number of halogens is 1. The Labute approximate surface area is 189 Å². The van der Waals surface area contributed by atoms with E-state index in [1.807, 2.05) is 12.1 Å². The van der Waals surface area contributed by atoms with Gasteiger partial charge in [-0.3, -0.25) is 9.59 Å². The highest BCUT2D eigenvalue weighted by molar-refractivity contribution is 5.94. The maximum absolute atomic E-state index is 14.1. The average Bonchev–Trinajstić information content (AvgIpc) is 3.34. The van der Waals surface area contributed by atoms with Gasteiger partial charge in [0, 0.05) is 12.0 Å². The Morgan fingerprint density at radius 2 is 1.85 bits per heavy atom. The van der Waals surface area contributed by atoms with Crippen LogP contribution >= 0.6 is 0 Å². The second-order valence-corrected chi connectivity index (χ2v) is 7.63. The van der Waals surface area contributed by atoms with Crippen LogP contribution in [-0.2, 0) is 16.0 Å². The molecule has 2 atom stereocenters. The van der Waals surface area contributed by atoms with E-state index in [0.717, 1.165) is 5.56 Å². The Bertz CT molecular complexity index is 1100. The fraction of sp³-hybridized carbons (Fsp3) is 0.261. The van der Waals surface area contributed by atoms with Crippen LogP contribution in [0.3, 0.4) is 0 Å². The van der Waals surface area contributed by atoms with Gasteiger partial charge in [-0.25, -0.2) is 9.18 Å². The van der Waals surface area contributed by atoms with Crippen molar-refractivity contribution in [2.24, 2.45) is 11.7 Å². The number of ketones is 1. The van der Waals surface area contributed by atoms with Gasteiger partial charge in [0.05, 0.1) is 12.7 Å². The Balaban J connectivity index is 1.79. The summed E-state index contributed by atoms with van der Waals surface area (Å²) in [7, 11) is 0. The predicted molar refractivity (Wildman–Crippen MR) is 118 cm³/mol. The van der Waals surface area contributed by atoms with E-state index in [1.165, 1.54) is 12.3 Å². The number of aromatic nitrogens is 3. The number of nitrogens with one attached hydrogen (secondary N) is 2. The van der Waals surface area contributed by atoms with Crippen molar-refractivity contribution in [3.05, 3.63) is 71.8 Å². The molecule has 3 rings (SSSR count). The number of nitrogens with zero attached hydrogens (tertiary/aromatic N) is 2. The molecule has 5 N–H and O–H groups in total. The number of carbonyl (C=O) groups is 3. The lowest BCUT2D eigenvalue weighted by molar-refractivity contribution is -0.142. The van der Waals surface area contributed by atoms with Crippen LogP contribution in [0.1, 0.15) is 28.9 Å². The molecule has 0 fully saturated rings. The number of nitrogens with two attached hydrogens (primary N) is 1. The van der Waals surface area contributed by atoms with Crippen molar-refractivity contribution < 1.29 is 23.9 Å². The highest BCUT2D eigenvalue weighted by Gasteiger charge is 2.27. The Morgan fingerprint density at radius 1 is 1.12 bits per heavy atom. The first kappa shape index (κ1) is 23.7. The smallest absolute Gasteiger partial charge is 0.326 e. The molecule has 1 heterocycles. The summed E-state index contributed by atoms with van der Waals surface area (Å²) in [6, 6.07) is 12.4. The van der Waals surface area contributed by atoms with Crippen molar-refractivity contribution in [1.29, 1.82) is 0 Å². The lowest BCUT2D eigenvalue weighted by Gasteiger charge is -2.21. The van der Waals surface area contributed by atoms with Crippen molar-refractivity contribution in [3.63, 3.8) is 0 Å². The molecule has 172 valence electrons. The van der Waals surface area contributed by atoms with E-state index in [1.54, 1.807) is 30.3 Å². The molecular weight excluding hydrogens is 429 g/mol. The maximum Gasteiger partial charge on any atom is 0.326 e. The standard InChI is InChI=1S/C23H24FN5O4/c24-18-4-2-1-3-17(18)16-7-5-14(6-8-16)9-15(11-21(30)20-13-26-29-28-20)10-19(23(32)33)27-22(31)12-25/h1-8,13,15,19H,9-12,25H2,(H,27,31)(H,32,33)(H,26,28,29)/t15-,19-/m1/s1. The number of hydrogen-bond donors (Lipinski definition) is 4. The Hall–Kier alpha value is -3.92. The number of carboxylic acids is 1. The predicted octanol–water partition coefficient (Wildman–Crippen LogP) is 1.96. The van der Waals surface area contributed by atoms with Crippen molar-refractivity contribution >= 4 is 17.7 Å². The molecule has 2 aromatic carbocycles. The number of carbonyl (C=O) groups excluding carboxylic acids is 2. The number of aliphatic carboxylic acids is 1. The molecule has 0 aliphatic carbocycles. The van der Waals surface area contributed by atoms with Gasteiger partial charge in [-0.1, -0.05) is 42.5 Å². The van der Waals surface area contributed by atoms with E-state index in [2.05, 4.69) is 20.7 Å². The Kier molecular flexibility index (Phi) is 7.98. The molecule has 1 aromatic heterocycles. The lowest BCUT2D eigenvalue weighted by atomic mass is 9.87. The van der Waals surface area contributed by atoms with Crippen LogP contribution in [0.25, 0.3) is 11.1 Å². The van der Waals surface area contributed by atoms with Crippen LogP contribution in [0.4, 0.5) is 4.39 Å². The molecule has 0 saturated heterocycles. The van der Waals surface area contributed by atoms with E-state index in [4.69, 9.17) is 5.73 Å². The normalized spacial score (nSPS) is 12.7. The molecule has 33 heavy (non-hydrogen) atoms. The summed E-state index contributed by atoms with van der Waals surface area (Å²) >= 11 is 0. The van der Waals surface area contributed by atoms with E-state index in [0.29, 0.717) is 17.5 Å². The summed E-state index contributed by atoms with van der Waals surface area (Å²) in [4.78, 5) is 35.9. The summed E-state index contributed by atoms with van der Waals surface area (Å²) in [5, 5.41) is 21.7. The quantitative estimate of drug-likeness (QED) is 0.324. The van der Waals surface area contributed by atoms with E-state index in [-0.39, 0.29) is 36.7 Å². The zero-order valence-electron chi connectivity index (χ0n) is 17.7. The molecule has 9 nitrogen and oxygen atoms in total. The third-order valence-electron chi connectivity index (χ3n) is 5.23. The minimum Gasteiger partial charge on any atom is -0.480 e. The second-order valence-electron chi connectivity index (χ2n) is 7.63. The fourth-order valence-corrected chi connectivity index (χ4v) is 3.60. The first-order valence-electron chi connectivity index (χ1n) is 10.3. The molecule has 3 aromatic rings. The fourth-order valence-electron chi connectivity index (χ4n) is 3.60. The van der Waals surface area contributed by atoms with Gasteiger partial charge in [-0.15, -0.1) is 0 Å². The van der Waals surface area contributed by atoms with Gasteiger partial charge in [-0.05, 0) is 36.0 Å². The van der Waals surface area contributed by atoms with Crippen LogP contribution in [0, 0.1) is 11.7 Å². The monoisotopic (exact) mass is 453 g/mol. The molecule has 0 aliphatic rings. The third kappa shape index (κ3) is 6.53. The minimum atomic E-state index is -1.22. The molecular formula is C23H24FN5O4. The van der Waals surface area contributed by atoms with Crippen molar-refractivity contribution in [3.8, 4) is 11.1 Å². The highest BCUT2D eigenvalue weighted by Crippen LogP contribution is 2.25. The van der Waals surface area contributed by atoms with Gasteiger partial charge in [0.15, 0.2) is 5.78 Å². The minimum absolute atomic E-state index is 0.00384. The molecule has 1 amide bonds. The molecule has 0 radical (unpaired) electrons. The SMILES string of the molecule is NCC(=O)N[C@H](C[C@H](CC(=O)c1cn[nH]n1)Cc1ccc(-c2ccccc2F)cc1)C(=O)O. The van der Waals surface area contributed by atoms with Crippen molar-refractivity contribution in [2.75, 3.05) is 6.54 Å². The number of rotatable bonds is 11. The van der Waals surface area contributed by atoms with Crippen LogP contribution in [0.5, 0.6) is 0 Å². The van der Waals surface area contributed by atoms with E-state index < -0.39 is 23.8 Å². The number of carboxylic acid groups (broad SMARTS) is 1. The van der Waals surface area contributed by atoms with Crippen LogP contribution in [0.15, 0.2) is 54.7 Å². The van der Waals surface area contributed by atoms with Crippen molar-refractivity contribution in [1.82, 2.24) is 20.7 Å². The van der Waals surface area contributed by atoms with Crippen molar-refractivity contribution in [2.45, 2.75) is 25.3 Å². The van der Waals surface area contributed by atoms with Crippen LogP contribution < -0.4 is 11.1 Å². The molecule has 10 heteroatoms. The number of Topliss-reactive ketones (excluding diaryl/α,β-unsaturated/α-hetero) is 1. The van der Waals surface area contributed by atoms with Crippen LogP contribution in [0.2, 0.25) is 0 Å². The van der Waals surface area contributed by atoms with Gasteiger partial charge in [0.1, 0.15) is 17.6 Å². The molecule has 0 unspecified atom stereocenters. The average molecular weight is 453 g/mol. The number of hydrogen-bond acceptors (Lipinski definition) is 6. The molecule has 0 saturated carbocycles. The first-order chi connectivity index (χ1) is 15.9. The number of amides is 1. The van der Waals surface area contributed by atoms with E-state index in [9.17, 15) is 23.9 Å². The third-order valence-corrected chi connectivity index (χ3v) is 5.23. The van der Waals surface area contributed by atoms with Gasteiger partial charge in [0.2, 0.25) is 5.91 Å². The van der Waals surface area contributed by atoms with Gasteiger partial charge < -0.3 is 16.2 Å². The highest BCUT2D eigenvalue weighted by atomic mass is 19.1. The number of benzene rings is 2. The zero-order chi connectivity index (χ0) is 23.8. The van der Waals surface area contributed by atoms with Gasteiger partial charge in [0.25, 0.3) is 0 Å². The number of aromatic amines is 1. The molecule has 0 aliphatic heterocycles. The summed E-state index contributed by atoms with van der Waals surface area (Å²) in [5.41, 5.74) is 7.44. The summed E-state index contributed by atoms with van der Waals surface area (Å²) in [6.07, 6.45) is 1.68. The van der Waals surface area contributed by atoms with E-state index >= 15 is 0 Å². The maximum atomic E-state index is 14.1. The summed E-state index contributed by atoms with van der Waals surface area (Å²) in [6.45, 7) is -0.343. The number of H-pyrrole nitrogens is 1. The summed E-state index contributed by atoms with van der Waals surface area (Å²) < 4.78 is 14.1. The van der Waals surface area contributed by atoms with Gasteiger partial charge in [-0.2, -0.15) is 15.4 Å². The summed E-state index contributed by atoms with van der Waals surface area (Å²) in [5.74, 6) is -2.87.